The molecule has 1 unspecified atom stereocenters. The van der Waals surface area contributed by atoms with E-state index in [-0.39, 0.29) is 24.2 Å². The summed E-state index contributed by atoms with van der Waals surface area (Å²) in [7, 11) is 0. The highest BCUT2D eigenvalue weighted by atomic mass is 35.5. The highest BCUT2D eigenvalue weighted by molar-refractivity contribution is 6.30. The van der Waals surface area contributed by atoms with E-state index in [1.54, 1.807) is 29.2 Å². The molecule has 1 aliphatic rings. The summed E-state index contributed by atoms with van der Waals surface area (Å²) in [4.78, 5) is 26.7. The van der Waals surface area contributed by atoms with Crippen molar-refractivity contribution in [3.63, 3.8) is 0 Å². The number of anilines is 2. The topological polar surface area (TPSA) is 49.4 Å². The molecule has 3 rings (SSSR count). The Morgan fingerprint density at radius 1 is 1.24 bits per heavy atom. The number of para-hydroxylation sites is 1. The van der Waals surface area contributed by atoms with Gasteiger partial charge in [0, 0.05) is 29.4 Å². The van der Waals surface area contributed by atoms with Crippen molar-refractivity contribution >= 4 is 34.8 Å². The Bertz CT molecular complexity index is 802. The first-order valence-electron chi connectivity index (χ1n) is 8.45. The van der Waals surface area contributed by atoms with E-state index in [0.29, 0.717) is 11.6 Å². The highest BCUT2D eigenvalue weighted by Crippen LogP contribution is 2.28. The second-order valence-corrected chi connectivity index (χ2v) is 6.77. The molecule has 0 aliphatic carbocycles. The second kappa shape index (κ2) is 7.28. The number of halogens is 1. The molecule has 0 bridgehead atoms. The third-order valence-electron chi connectivity index (χ3n) is 4.62. The maximum atomic E-state index is 12.7. The van der Waals surface area contributed by atoms with Crippen LogP contribution in [-0.4, -0.2) is 18.4 Å². The number of nitrogens with zero attached hydrogens (tertiary/aromatic N) is 1. The van der Waals surface area contributed by atoms with E-state index in [0.717, 1.165) is 28.9 Å². The van der Waals surface area contributed by atoms with Gasteiger partial charge in [-0.25, -0.2) is 0 Å². The number of benzene rings is 2. The molecular formula is C20H21ClN2O2. The molecule has 1 aliphatic heterocycles. The summed E-state index contributed by atoms with van der Waals surface area (Å²) in [5.41, 5.74) is 3.78. The molecule has 25 heavy (non-hydrogen) atoms. The molecule has 2 amide bonds. The first kappa shape index (κ1) is 17.5. The van der Waals surface area contributed by atoms with E-state index in [2.05, 4.69) is 12.2 Å². The zero-order chi connectivity index (χ0) is 18.0. The molecule has 4 nitrogen and oxygen atoms in total. The molecule has 2 aromatic rings. The third-order valence-corrected chi connectivity index (χ3v) is 4.87. The summed E-state index contributed by atoms with van der Waals surface area (Å²) in [5, 5.41) is 3.66. The van der Waals surface area contributed by atoms with Gasteiger partial charge in [0.15, 0.2) is 0 Å². The maximum absolute atomic E-state index is 12.7. The summed E-state index contributed by atoms with van der Waals surface area (Å²) in [6.07, 6.45) is 1.07. The van der Waals surface area contributed by atoms with Crippen molar-refractivity contribution in [3.05, 3.63) is 58.6 Å². The Morgan fingerprint density at radius 2 is 1.96 bits per heavy atom. The van der Waals surface area contributed by atoms with Crippen LogP contribution in [0.4, 0.5) is 11.4 Å². The molecule has 1 N–H and O–H groups in total. The summed E-state index contributed by atoms with van der Waals surface area (Å²) in [5.74, 6) is -0.496. The van der Waals surface area contributed by atoms with Crippen LogP contribution in [0.25, 0.3) is 0 Å². The first-order chi connectivity index (χ1) is 12.0. The predicted octanol–water partition coefficient (Wildman–Crippen LogP) is 4.20. The van der Waals surface area contributed by atoms with E-state index in [4.69, 9.17) is 11.6 Å². The van der Waals surface area contributed by atoms with E-state index in [1.807, 2.05) is 25.1 Å². The molecular weight excluding hydrogens is 336 g/mol. The summed E-state index contributed by atoms with van der Waals surface area (Å²) < 4.78 is 0. The van der Waals surface area contributed by atoms with Crippen LogP contribution in [0, 0.1) is 12.8 Å². The Hall–Kier alpha value is -2.33. The maximum Gasteiger partial charge on any atom is 0.229 e. The molecule has 130 valence electrons. The van der Waals surface area contributed by atoms with E-state index in [9.17, 15) is 9.59 Å². The van der Waals surface area contributed by atoms with Crippen molar-refractivity contribution in [2.45, 2.75) is 26.7 Å². The molecule has 1 fully saturated rings. The van der Waals surface area contributed by atoms with Crippen LogP contribution < -0.4 is 10.2 Å². The summed E-state index contributed by atoms with van der Waals surface area (Å²) in [6.45, 7) is 4.43. The fraction of sp³-hybridized carbons (Fsp3) is 0.300. The van der Waals surface area contributed by atoms with E-state index < -0.39 is 0 Å². The molecule has 1 saturated heterocycles. The monoisotopic (exact) mass is 356 g/mol. The zero-order valence-corrected chi connectivity index (χ0v) is 15.1. The van der Waals surface area contributed by atoms with Crippen molar-refractivity contribution in [1.82, 2.24) is 0 Å². The lowest BCUT2D eigenvalue weighted by atomic mass is 10.0. The van der Waals surface area contributed by atoms with Crippen molar-refractivity contribution in [2.24, 2.45) is 5.92 Å². The number of nitrogens with one attached hydrogen (secondary N) is 1. The van der Waals surface area contributed by atoms with Crippen LogP contribution in [0.5, 0.6) is 0 Å². The molecule has 0 saturated carbocycles. The van der Waals surface area contributed by atoms with Gasteiger partial charge < -0.3 is 10.2 Å². The Kier molecular flexibility index (Phi) is 5.09. The SMILES string of the molecule is CCc1cccc(C)c1NC(=O)C1CC(=O)N(c2ccc(Cl)cc2)C1. The van der Waals surface area contributed by atoms with Crippen LogP contribution in [0.1, 0.15) is 24.5 Å². The predicted molar refractivity (Wildman–Crippen MR) is 101 cm³/mol. The minimum absolute atomic E-state index is 0.0389. The van der Waals surface area contributed by atoms with Crippen molar-refractivity contribution in [3.8, 4) is 0 Å². The van der Waals surface area contributed by atoms with Gasteiger partial charge in [0.2, 0.25) is 11.8 Å². The van der Waals surface area contributed by atoms with E-state index in [1.165, 1.54) is 0 Å². The number of amides is 2. The van der Waals surface area contributed by atoms with Gasteiger partial charge in [-0.2, -0.15) is 0 Å². The van der Waals surface area contributed by atoms with Gasteiger partial charge in [-0.15, -0.1) is 0 Å². The number of carbonyl (C=O) groups excluding carboxylic acids is 2. The van der Waals surface area contributed by atoms with Crippen molar-refractivity contribution < 1.29 is 9.59 Å². The molecule has 0 spiro atoms. The number of hydrogen-bond acceptors (Lipinski definition) is 2. The normalized spacial score (nSPS) is 17.0. The minimum atomic E-state index is -0.354. The van der Waals surface area contributed by atoms with Crippen LogP contribution >= 0.6 is 11.6 Å². The first-order valence-corrected chi connectivity index (χ1v) is 8.82. The number of hydrogen-bond donors (Lipinski definition) is 1. The molecule has 1 atom stereocenters. The highest BCUT2D eigenvalue weighted by Gasteiger charge is 2.35. The van der Waals surface area contributed by atoms with Crippen molar-refractivity contribution in [1.29, 1.82) is 0 Å². The molecule has 1 heterocycles. The third kappa shape index (κ3) is 3.69. The second-order valence-electron chi connectivity index (χ2n) is 6.33. The zero-order valence-electron chi connectivity index (χ0n) is 14.4. The van der Waals surface area contributed by atoms with Gasteiger partial charge in [-0.05, 0) is 48.7 Å². The molecule has 5 heteroatoms. The Labute approximate surface area is 152 Å². The van der Waals surface area contributed by atoms with E-state index >= 15 is 0 Å². The molecule has 0 aromatic heterocycles. The average Bonchev–Trinajstić information content (AvgIpc) is 2.99. The van der Waals surface area contributed by atoms with Gasteiger partial charge in [0.25, 0.3) is 0 Å². The quantitative estimate of drug-likeness (QED) is 0.892. The van der Waals surface area contributed by atoms with Crippen LogP contribution in [-0.2, 0) is 16.0 Å². The van der Waals surface area contributed by atoms with Gasteiger partial charge in [0.1, 0.15) is 0 Å². The molecule has 2 aromatic carbocycles. The van der Waals surface area contributed by atoms with Gasteiger partial charge >= 0.3 is 0 Å². The summed E-state index contributed by atoms with van der Waals surface area (Å²) in [6, 6.07) is 13.1. The molecule has 0 radical (unpaired) electrons. The van der Waals surface area contributed by atoms with Gasteiger partial charge in [-0.1, -0.05) is 36.7 Å². The summed E-state index contributed by atoms with van der Waals surface area (Å²) >= 11 is 5.90. The fourth-order valence-corrected chi connectivity index (χ4v) is 3.31. The van der Waals surface area contributed by atoms with Crippen molar-refractivity contribution in [2.75, 3.05) is 16.8 Å². The number of rotatable bonds is 4. The lowest BCUT2D eigenvalue weighted by Crippen LogP contribution is -2.28. The Balaban J connectivity index is 1.74. The standard InChI is InChI=1S/C20H21ClN2O2/c1-3-14-6-4-5-13(2)19(14)22-20(25)15-11-18(24)23(12-15)17-9-7-16(21)8-10-17/h4-10,15H,3,11-12H2,1-2H3,(H,22,25). The van der Waals surface area contributed by atoms with Gasteiger partial charge in [0.05, 0.1) is 5.92 Å². The van der Waals surface area contributed by atoms with Gasteiger partial charge in [-0.3, -0.25) is 9.59 Å². The van der Waals surface area contributed by atoms with Crippen LogP contribution in [0.15, 0.2) is 42.5 Å². The Morgan fingerprint density at radius 3 is 2.64 bits per heavy atom. The lowest BCUT2D eigenvalue weighted by molar-refractivity contribution is -0.122. The lowest BCUT2D eigenvalue weighted by Gasteiger charge is -2.18. The average molecular weight is 357 g/mol. The number of aryl methyl sites for hydroxylation is 2. The minimum Gasteiger partial charge on any atom is -0.325 e. The smallest absolute Gasteiger partial charge is 0.229 e. The fourth-order valence-electron chi connectivity index (χ4n) is 3.18. The largest absolute Gasteiger partial charge is 0.325 e. The number of carbonyl (C=O) groups is 2. The van der Waals surface area contributed by atoms with Crippen LogP contribution in [0.2, 0.25) is 5.02 Å². The van der Waals surface area contributed by atoms with Crippen LogP contribution in [0.3, 0.4) is 0 Å².